The molecule has 2 atom stereocenters. The second-order valence-electron chi connectivity index (χ2n) is 6.76. The molecule has 1 aromatic carbocycles. The molecule has 2 saturated heterocycles. The lowest BCUT2D eigenvalue weighted by Crippen LogP contribution is -2.50. The summed E-state index contributed by atoms with van der Waals surface area (Å²) >= 11 is 6.27. The summed E-state index contributed by atoms with van der Waals surface area (Å²) in [4.78, 5) is 28.4. The van der Waals surface area contributed by atoms with Crippen LogP contribution in [-0.4, -0.2) is 65.0 Å². The quantitative estimate of drug-likeness (QED) is 0.525. The summed E-state index contributed by atoms with van der Waals surface area (Å²) in [5.41, 5.74) is 0.259. The maximum Gasteiger partial charge on any atom is 0.266 e. The van der Waals surface area contributed by atoms with Gasteiger partial charge in [-0.15, -0.1) is 0 Å². The molecule has 150 valence electrons. The zero-order chi connectivity index (χ0) is 20.6. The van der Waals surface area contributed by atoms with Crippen molar-refractivity contribution < 1.29 is 22.4 Å². The van der Waals surface area contributed by atoms with Crippen molar-refractivity contribution in [3.8, 4) is 0 Å². The fraction of sp³-hybridized carbons (Fsp3) is 0.389. The average Bonchev–Trinajstić information content (AvgIpc) is 3.14. The van der Waals surface area contributed by atoms with Crippen molar-refractivity contribution in [3.63, 3.8) is 0 Å². The van der Waals surface area contributed by atoms with E-state index in [-0.39, 0.29) is 32.2 Å². The predicted octanol–water partition coefficient (Wildman–Crippen LogP) is 2.06. The van der Waals surface area contributed by atoms with Gasteiger partial charge in [-0.2, -0.15) is 0 Å². The first-order valence-electron chi connectivity index (χ1n) is 8.59. The highest BCUT2D eigenvalue weighted by atomic mass is 32.2. The maximum atomic E-state index is 13.9. The number of sulfone groups is 1. The Balaban J connectivity index is 1.77. The van der Waals surface area contributed by atoms with E-state index in [1.165, 1.54) is 29.0 Å². The van der Waals surface area contributed by atoms with Gasteiger partial charge in [0.1, 0.15) is 16.2 Å². The van der Waals surface area contributed by atoms with Gasteiger partial charge in [0.2, 0.25) is 5.91 Å². The second-order valence-corrected chi connectivity index (χ2v) is 10.7. The minimum Gasteiger partial charge on any atom is -0.340 e. The number of carbonyl (C=O) groups excluding carboxylic acids is 2. The molecular weight excluding hydrogens is 423 g/mol. The monoisotopic (exact) mass is 442 g/mol. The van der Waals surface area contributed by atoms with Gasteiger partial charge in [0.05, 0.1) is 16.4 Å². The molecule has 28 heavy (non-hydrogen) atoms. The second kappa shape index (κ2) is 7.92. The van der Waals surface area contributed by atoms with Gasteiger partial charge in [-0.05, 0) is 25.5 Å². The van der Waals surface area contributed by atoms with Gasteiger partial charge in [-0.1, -0.05) is 42.2 Å². The van der Waals surface area contributed by atoms with Crippen LogP contribution in [0.15, 0.2) is 29.2 Å². The highest BCUT2D eigenvalue weighted by Gasteiger charge is 2.41. The highest BCUT2D eigenvalue weighted by molar-refractivity contribution is 8.26. The number of carbonyl (C=O) groups is 2. The number of hydrogen-bond acceptors (Lipinski definition) is 6. The first kappa shape index (κ1) is 20.9. The van der Waals surface area contributed by atoms with Gasteiger partial charge in [-0.3, -0.25) is 14.5 Å². The minimum atomic E-state index is -3.14. The number of nitrogens with zero attached hydrogens (tertiary/aromatic N) is 2. The fourth-order valence-corrected chi connectivity index (χ4v) is 6.40. The lowest BCUT2D eigenvalue weighted by atomic mass is 10.1. The summed E-state index contributed by atoms with van der Waals surface area (Å²) in [6, 6.07) is 4.76. The number of amides is 2. The molecule has 2 fully saturated rings. The molecule has 0 bridgehead atoms. The molecule has 2 aliphatic heterocycles. The third-order valence-corrected chi connectivity index (χ3v) is 7.94. The van der Waals surface area contributed by atoms with E-state index in [0.29, 0.717) is 6.42 Å². The Morgan fingerprint density at radius 1 is 1.43 bits per heavy atom. The lowest BCUT2D eigenvalue weighted by molar-refractivity contribution is -0.139. The Kier molecular flexibility index (Phi) is 5.92. The van der Waals surface area contributed by atoms with Gasteiger partial charge >= 0.3 is 0 Å². The summed E-state index contributed by atoms with van der Waals surface area (Å²) < 4.78 is 37.4. The molecular formula is C18H19FN2O4S3. The van der Waals surface area contributed by atoms with Crippen LogP contribution < -0.4 is 0 Å². The van der Waals surface area contributed by atoms with Crippen LogP contribution in [0.25, 0.3) is 6.08 Å². The van der Waals surface area contributed by atoms with Crippen molar-refractivity contribution in [2.24, 2.45) is 0 Å². The van der Waals surface area contributed by atoms with E-state index < -0.39 is 33.6 Å². The molecule has 0 radical (unpaired) electrons. The third-order valence-electron chi connectivity index (χ3n) is 4.86. The van der Waals surface area contributed by atoms with Crippen molar-refractivity contribution in [2.45, 2.75) is 25.4 Å². The van der Waals surface area contributed by atoms with Gasteiger partial charge in [0, 0.05) is 18.7 Å². The zero-order valence-corrected chi connectivity index (χ0v) is 17.7. The van der Waals surface area contributed by atoms with Crippen molar-refractivity contribution in [3.05, 3.63) is 40.6 Å². The molecule has 0 saturated carbocycles. The van der Waals surface area contributed by atoms with E-state index >= 15 is 0 Å². The van der Waals surface area contributed by atoms with Crippen LogP contribution >= 0.6 is 24.0 Å². The van der Waals surface area contributed by atoms with Crippen LogP contribution in [0.5, 0.6) is 0 Å². The van der Waals surface area contributed by atoms with Crippen molar-refractivity contribution in [1.29, 1.82) is 0 Å². The summed E-state index contributed by atoms with van der Waals surface area (Å²) in [6.07, 6.45) is 1.79. The van der Waals surface area contributed by atoms with Crippen molar-refractivity contribution in [2.75, 3.05) is 18.6 Å². The van der Waals surface area contributed by atoms with Gasteiger partial charge in [-0.25, -0.2) is 12.8 Å². The number of halogens is 1. The molecule has 2 aliphatic rings. The average molecular weight is 443 g/mol. The Morgan fingerprint density at radius 2 is 2.11 bits per heavy atom. The molecule has 2 amide bonds. The SMILES string of the molecule is C[C@@H](C(=O)N(C)[C@H]1CCS(=O)(=O)C1)N1C(=O)/C(=C\c2ccccc2F)SC1=S. The normalized spacial score (nSPS) is 24.0. The van der Waals surface area contributed by atoms with E-state index in [9.17, 15) is 22.4 Å². The van der Waals surface area contributed by atoms with Gasteiger partial charge in [0.25, 0.3) is 5.91 Å². The van der Waals surface area contributed by atoms with E-state index in [0.717, 1.165) is 11.8 Å². The van der Waals surface area contributed by atoms with Crippen molar-refractivity contribution >= 4 is 56.0 Å². The maximum absolute atomic E-state index is 13.9. The van der Waals surface area contributed by atoms with Gasteiger partial charge < -0.3 is 4.90 Å². The third kappa shape index (κ3) is 4.13. The fourth-order valence-electron chi connectivity index (χ4n) is 3.21. The van der Waals surface area contributed by atoms with Crippen LogP contribution in [0.3, 0.4) is 0 Å². The van der Waals surface area contributed by atoms with Crippen LogP contribution in [0.1, 0.15) is 18.9 Å². The topological polar surface area (TPSA) is 74.8 Å². The molecule has 2 heterocycles. The Labute approximate surface area is 172 Å². The van der Waals surface area contributed by atoms with E-state index in [2.05, 4.69) is 0 Å². The molecule has 0 spiro atoms. The summed E-state index contributed by atoms with van der Waals surface area (Å²) in [5, 5.41) is 0. The van der Waals surface area contributed by atoms with E-state index in [1.54, 1.807) is 25.1 Å². The summed E-state index contributed by atoms with van der Waals surface area (Å²) in [6.45, 7) is 1.55. The van der Waals surface area contributed by atoms with Gasteiger partial charge in [0.15, 0.2) is 9.84 Å². The largest absolute Gasteiger partial charge is 0.340 e. The Morgan fingerprint density at radius 3 is 2.71 bits per heavy atom. The van der Waals surface area contributed by atoms with Crippen molar-refractivity contribution in [1.82, 2.24) is 9.80 Å². The van der Waals surface area contributed by atoms with Crippen LogP contribution in [0.2, 0.25) is 0 Å². The first-order valence-corrected chi connectivity index (χ1v) is 11.6. The number of benzene rings is 1. The van der Waals surface area contributed by atoms with Crippen LogP contribution in [-0.2, 0) is 19.4 Å². The number of likely N-dealkylation sites (N-methyl/N-ethyl adjacent to an activating group) is 1. The first-order chi connectivity index (χ1) is 13.1. The number of hydrogen-bond donors (Lipinski definition) is 0. The highest BCUT2D eigenvalue weighted by Crippen LogP contribution is 2.34. The minimum absolute atomic E-state index is 0.0517. The zero-order valence-electron chi connectivity index (χ0n) is 15.3. The molecule has 3 rings (SSSR count). The lowest BCUT2D eigenvalue weighted by Gasteiger charge is -2.30. The number of thiocarbonyl (C=S) groups is 1. The molecule has 0 aliphatic carbocycles. The number of thioether (sulfide) groups is 1. The molecule has 0 N–H and O–H groups in total. The molecule has 0 aromatic heterocycles. The number of rotatable bonds is 4. The van der Waals surface area contributed by atoms with E-state index in [1.807, 2.05) is 0 Å². The smallest absolute Gasteiger partial charge is 0.266 e. The molecule has 1 aromatic rings. The van der Waals surface area contributed by atoms with Crippen LogP contribution in [0.4, 0.5) is 4.39 Å². The Hall–Kier alpha value is -1.78. The Bertz CT molecular complexity index is 977. The standard InChI is InChI=1S/C18H19FN2O4S3/c1-11(16(22)20(2)13-7-8-28(24,25)10-13)21-17(23)15(27-18(21)26)9-12-5-3-4-6-14(12)19/h3-6,9,11,13H,7-8,10H2,1-2H3/b15-9+/t11-,13-/m0/s1. The molecule has 10 heteroatoms. The predicted molar refractivity (Wildman–Crippen MR) is 111 cm³/mol. The summed E-state index contributed by atoms with van der Waals surface area (Å²) in [5.74, 6) is -1.33. The summed E-state index contributed by atoms with van der Waals surface area (Å²) in [7, 11) is -1.60. The van der Waals surface area contributed by atoms with E-state index in [4.69, 9.17) is 12.2 Å². The molecule has 6 nitrogen and oxygen atoms in total. The molecule has 0 unspecified atom stereocenters. The van der Waals surface area contributed by atoms with Crippen LogP contribution in [0, 0.1) is 5.82 Å².